The summed E-state index contributed by atoms with van der Waals surface area (Å²) in [5, 5.41) is 2.91. The fraction of sp³-hybridized carbons (Fsp3) is 0.529. The second-order valence-electron chi connectivity index (χ2n) is 6.80. The van der Waals surface area contributed by atoms with Crippen LogP contribution in [0.2, 0.25) is 5.15 Å². The van der Waals surface area contributed by atoms with Crippen molar-refractivity contribution in [3.05, 3.63) is 21.5 Å². The molecule has 1 N–H and O–H groups in total. The van der Waals surface area contributed by atoms with Crippen molar-refractivity contribution in [2.24, 2.45) is 0 Å². The summed E-state index contributed by atoms with van der Waals surface area (Å²) in [6.07, 6.45) is 0.0567. The number of furan rings is 1. The van der Waals surface area contributed by atoms with Gasteiger partial charge >= 0.3 is 6.09 Å². The van der Waals surface area contributed by atoms with Crippen molar-refractivity contribution in [3.8, 4) is 0 Å². The van der Waals surface area contributed by atoms with Gasteiger partial charge in [0.1, 0.15) is 28.2 Å². The second-order valence-corrected chi connectivity index (χ2v) is 8.83. The zero-order valence-corrected chi connectivity index (χ0v) is 18.3. The maximum Gasteiger partial charge on any atom is 0.407 e. The summed E-state index contributed by atoms with van der Waals surface area (Å²) in [6, 6.07) is 0.901. The number of aromatic nitrogens is 1. The molecule has 144 valence electrons. The molecule has 0 bridgehead atoms. The molecule has 26 heavy (non-hydrogen) atoms. The smallest absolute Gasteiger partial charge is 0.407 e. The van der Waals surface area contributed by atoms with Crippen LogP contribution in [0.4, 0.5) is 9.18 Å². The van der Waals surface area contributed by atoms with Crippen molar-refractivity contribution >= 4 is 56.5 Å². The molecule has 2 atom stereocenters. The SMILES string of the molecule is CSc1cc(Cl)nc2c(Br)c(C[C@@H](NC(=O)OC(C)(C)C)[C@H](C)F)oc12. The van der Waals surface area contributed by atoms with Gasteiger partial charge in [-0.25, -0.2) is 14.2 Å². The van der Waals surface area contributed by atoms with Crippen molar-refractivity contribution in [2.75, 3.05) is 6.26 Å². The molecule has 0 aliphatic rings. The lowest BCUT2D eigenvalue weighted by molar-refractivity contribution is 0.0476. The maximum absolute atomic E-state index is 14.1. The zero-order chi connectivity index (χ0) is 19.6. The number of pyridine rings is 1. The van der Waals surface area contributed by atoms with Crippen LogP contribution in [0.1, 0.15) is 33.5 Å². The van der Waals surface area contributed by atoms with E-state index in [0.717, 1.165) is 4.90 Å². The Balaban J connectivity index is 2.29. The van der Waals surface area contributed by atoms with Crippen LogP contribution in [0.5, 0.6) is 0 Å². The Morgan fingerprint density at radius 3 is 2.73 bits per heavy atom. The highest BCUT2D eigenvalue weighted by Crippen LogP contribution is 2.37. The van der Waals surface area contributed by atoms with Crippen LogP contribution in [0.15, 0.2) is 19.9 Å². The first-order valence-corrected chi connectivity index (χ1v) is 10.4. The van der Waals surface area contributed by atoms with E-state index in [4.69, 9.17) is 20.8 Å². The van der Waals surface area contributed by atoms with Gasteiger partial charge in [0.2, 0.25) is 0 Å². The molecule has 2 heterocycles. The van der Waals surface area contributed by atoms with Crippen molar-refractivity contribution in [3.63, 3.8) is 0 Å². The molecule has 0 aliphatic carbocycles. The number of carbonyl (C=O) groups is 1. The molecule has 2 rings (SSSR count). The van der Waals surface area contributed by atoms with Gasteiger partial charge < -0.3 is 14.5 Å². The van der Waals surface area contributed by atoms with Crippen LogP contribution in [0.3, 0.4) is 0 Å². The first-order chi connectivity index (χ1) is 12.0. The minimum absolute atomic E-state index is 0.138. The predicted octanol–water partition coefficient (Wildman–Crippen LogP) is 5.76. The number of ether oxygens (including phenoxy) is 1. The molecule has 2 aromatic heterocycles. The Morgan fingerprint density at radius 1 is 1.54 bits per heavy atom. The third-order valence-electron chi connectivity index (χ3n) is 3.47. The molecule has 5 nitrogen and oxygen atoms in total. The molecule has 0 radical (unpaired) electrons. The number of hydrogen-bond acceptors (Lipinski definition) is 5. The lowest BCUT2D eigenvalue weighted by Crippen LogP contribution is -2.44. The number of rotatable bonds is 5. The number of thioether (sulfide) groups is 1. The van der Waals surface area contributed by atoms with Crippen LogP contribution in [0, 0.1) is 0 Å². The van der Waals surface area contributed by atoms with Crippen LogP contribution in [-0.4, -0.2) is 35.1 Å². The number of nitrogens with zero attached hydrogens (tertiary/aromatic N) is 1. The van der Waals surface area contributed by atoms with Crippen molar-refractivity contribution in [1.29, 1.82) is 0 Å². The van der Waals surface area contributed by atoms with Crippen LogP contribution in [-0.2, 0) is 11.2 Å². The molecule has 0 aliphatic heterocycles. The minimum atomic E-state index is -1.31. The summed E-state index contributed by atoms with van der Waals surface area (Å²) >= 11 is 11.0. The summed E-state index contributed by atoms with van der Waals surface area (Å²) < 4.78 is 25.8. The predicted molar refractivity (Wildman–Crippen MR) is 106 cm³/mol. The monoisotopic (exact) mass is 466 g/mol. The highest BCUT2D eigenvalue weighted by Gasteiger charge is 2.27. The topological polar surface area (TPSA) is 64.4 Å². The standard InChI is InChI=1S/C17H21BrClFN2O3S/c1-8(20)9(21-16(23)25-17(2,3)4)6-10-13(18)14-15(24-10)11(26-5)7-12(19)22-14/h7-9H,6H2,1-5H3,(H,21,23)/t8-,9+/m0/s1. The van der Waals surface area contributed by atoms with Gasteiger partial charge in [0.25, 0.3) is 0 Å². The highest BCUT2D eigenvalue weighted by molar-refractivity contribution is 9.10. The second kappa shape index (κ2) is 8.35. The van der Waals surface area contributed by atoms with Gasteiger partial charge in [-0.3, -0.25) is 0 Å². The lowest BCUT2D eigenvalue weighted by Gasteiger charge is -2.24. The first kappa shape index (κ1) is 21.3. The Hall–Kier alpha value is -0.990. The van der Waals surface area contributed by atoms with E-state index in [0.29, 0.717) is 26.5 Å². The molecule has 0 unspecified atom stereocenters. The molecular formula is C17H21BrClFN2O3S. The lowest BCUT2D eigenvalue weighted by atomic mass is 10.1. The number of alkyl carbamates (subject to hydrolysis) is 1. The summed E-state index contributed by atoms with van der Waals surface area (Å²) in [6.45, 7) is 6.61. The fourth-order valence-electron chi connectivity index (χ4n) is 2.30. The zero-order valence-electron chi connectivity index (χ0n) is 15.2. The molecular weight excluding hydrogens is 447 g/mol. The van der Waals surface area contributed by atoms with Gasteiger partial charge in [-0.15, -0.1) is 11.8 Å². The number of halogens is 3. The van der Waals surface area contributed by atoms with Crippen molar-refractivity contribution < 1.29 is 18.3 Å². The van der Waals surface area contributed by atoms with Crippen LogP contribution < -0.4 is 5.32 Å². The third-order valence-corrected chi connectivity index (χ3v) is 5.22. The quantitative estimate of drug-likeness (QED) is 0.447. The van der Waals surface area contributed by atoms with E-state index in [9.17, 15) is 9.18 Å². The normalized spacial score (nSPS) is 14.3. The third kappa shape index (κ3) is 5.27. The summed E-state index contributed by atoms with van der Waals surface area (Å²) in [5.74, 6) is 0.482. The molecule has 1 amide bonds. The van der Waals surface area contributed by atoms with Crippen LogP contribution >= 0.6 is 39.3 Å². The molecule has 0 fully saturated rings. The Labute approximate surface area is 169 Å². The molecule has 0 saturated heterocycles. The van der Waals surface area contributed by atoms with Gasteiger partial charge in [-0.1, -0.05) is 11.6 Å². The average molecular weight is 468 g/mol. The number of carbonyl (C=O) groups excluding carboxylic acids is 1. The summed E-state index contributed by atoms with van der Waals surface area (Å²) in [4.78, 5) is 17.1. The van der Waals surface area contributed by atoms with Gasteiger partial charge in [-0.05, 0) is 55.9 Å². The van der Waals surface area contributed by atoms with Crippen LogP contribution in [0.25, 0.3) is 11.1 Å². The average Bonchev–Trinajstić information content (AvgIpc) is 2.80. The van der Waals surface area contributed by atoms with Gasteiger partial charge in [0.05, 0.1) is 15.4 Å². The Morgan fingerprint density at radius 2 is 2.19 bits per heavy atom. The number of amides is 1. The number of alkyl halides is 1. The number of hydrogen-bond donors (Lipinski definition) is 1. The minimum Gasteiger partial charge on any atom is -0.457 e. The van der Waals surface area contributed by atoms with E-state index in [2.05, 4.69) is 26.2 Å². The summed E-state index contributed by atoms with van der Waals surface area (Å²) in [7, 11) is 0. The van der Waals surface area contributed by atoms with E-state index >= 15 is 0 Å². The maximum atomic E-state index is 14.1. The van der Waals surface area contributed by atoms with E-state index in [1.807, 2.05) is 6.26 Å². The van der Waals surface area contributed by atoms with E-state index < -0.39 is 23.9 Å². The summed E-state index contributed by atoms with van der Waals surface area (Å²) in [5.41, 5.74) is 0.480. The molecule has 0 aromatic carbocycles. The van der Waals surface area contributed by atoms with Crippen molar-refractivity contribution in [1.82, 2.24) is 10.3 Å². The largest absolute Gasteiger partial charge is 0.457 e. The van der Waals surface area contributed by atoms with Gasteiger partial charge in [-0.2, -0.15) is 0 Å². The fourth-order valence-corrected chi connectivity index (χ4v) is 3.62. The number of fused-ring (bicyclic) bond motifs is 1. The van der Waals surface area contributed by atoms with Gasteiger partial charge in [0.15, 0.2) is 5.58 Å². The highest BCUT2D eigenvalue weighted by atomic mass is 79.9. The van der Waals surface area contributed by atoms with Crippen molar-refractivity contribution in [2.45, 2.75) is 56.8 Å². The Kier molecular flexibility index (Phi) is 6.85. The molecule has 2 aromatic rings. The van der Waals surface area contributed by atoms with E-state index in [1.165, 1.54) is 18.7 Å². The first-order valence-electron chi connectivity index (χ1n) is 7.96. The Bertz CT molecular complexity index is 807. The van der Waals surface area contributed by atoms with E-state index in [1.54, 1.807) is 26.8 Å². The molecule has 0 spiro atoms. The molecule has 9 heteroatoms. The van der Waals surface area contributed by atoms with Gasteiger partial charge in [0, 0.05) is 6.42 Å². The number of nitrogens with one attached hydrogen (secondary N) is 1. The molecule has 0 saturated carbocycles. The van der Waals surface area contributed by atoms with E-state index in [-0.39, 0.29) is 6.42 Å².